The molecule has 21 heavy (non-hydrogen) atoms. The fourth-order valence-electron chi connectivity index (χ4n) is 3.24. The number of carbonyl (C=O) groups excluding carboxylic acids is 1. The molecule has 3 atom stereocenters. The zero-order valence-electron chi connectivity index (χ0n) is 13.0. The summed E-state index contributed by atoms with van der Waals surface area (Å²) < 4.78 is 5.12. The number of hydrogen-bond acceptors (Lipinski definition) is 4. The monoisotopic (exact) mass is 341 g/mol. The molecule has 1 amide bonds. The van der Waals surface area contributed by atoms with E-state index in [1.165, 1.54) is 0 Å². The Morgan fingerprint density at radius 3 is 2.52 bits per heavy atom. The van der Waals surface area contributed by atoms with Crippen LogP contribution in [0.3, 0.4) is 0 Å². The van der Waals surface area contributed by atoms with Crippen LogP contribution in [-0.2, 0) is 9.53 Å². The lowest BCUT2D eigenvalue weighted by Gasteiger charge is -2.40. The minimum absolute atomic E-state index is 0. The Morgan fingerprint density at radius 2 is 2.00 bits per heavy atom. The molecule has 0 radical (unpaired) electrons. The highest BCUT2D eigenvalue weighted by Crippen LogP contribution is 2.26. The molecule has 1 saturated heterocycles. The highest BCUT2D eigenvalue weighted by atomic mass is 35.5. The highest BCUT2D eigenvalue weighted by molar-refractivity contribution is 5.85. The molecule has 0 aromatic heterocycles. The van der Waals surface area contributed by atoms with E-state index in [0.29, 0.717) is 11.9 Å². The molecule has 1 saturated carbocycles. The molecule has 1 aliphatic carbocycles. The molecule has 1 aliphatic heterocycles. The molecule has 1 heterocycles. The lowest BCUT2D eigenvalue weighted by molar-refractivity contribution is -0.138. The molecule has 0 bridgehead atoms. The van der Waals surface area contributed by atoms with Gasteiger partial charge in [-0.3, -0.25) is 9.69 Å². The van der Waals surface area contributed by atoms with Crippen LogP contribution in [0.4, 0.5) is 0 Å². The van der Waals surface area contributed by atoms with Crippen LogP contribution in [0.1, 0.15) is 26.2 Å². The SMILES string of the molecule is COCCN1CCN(C(=O)C2CCC(N)C2)CC1C.Cl.Cl. The van der Waals surface area contributed by atoms with E-state index in [1.54, 1.807) is 7.11 Å². The number of nitrogens with two attached hydrogens (primary N) is 1. The van der Waals surface area contributed by atoms with Crippen molar-refractivity contribution < 1.29 is 9.53 Å². The largest absolute Gasteiger partial charge is 0.383 e. The topological polar surface area (TPSA) is 58.8 Å². The average molecular weight is 342 g/mol. The molecular weight excluding hydrogens is 313 g/mol. The van der Waals surface area contributed by atoms with Crippen LogP contribution >= 0.6 is 24.8 Å². The molecule has 2 N–H and O–H groups in total. The summed E-state index contributed by atoms with van der Waals surface area (Å²) in [6, 6.07) is 0.650. The fourth-order valence-corrected chi connectivity index (χ4v) is 3.24. The quantitative estimate of drug-likeness (QED) is 0.832. The van der Waals surface area contributed by atoms with Crippen LogP contribution in [0.5, 0.6) is 0 Å². The molecule has 2 aliphatic rings. The Bertz CT molecular complexity index is 321. The molecule has 0 spiro atoms. The first kappa shape index (κ1) is 20.9. The smallest absolute Gasteiger partial charge is 0.225 e. The van der Waals surface area contributed by atoms with Crippen molar-refractivity contribution in [2.24, 2.45) is 11.7 Å². The molecule has 7 heteroatoms. The van der Waals surface area contributed by atoms with E-state index in [0.717, 1.165) is 52.0 Å². The van der Waals surface area contributed by atoms with E-state index >= 15 is 0 Å². The standard InChI is InChI=1S/C14H27N3O2.2ClH/c1-11-10-17(6-5-16(11)7-8-19-2)14(18)12-3-4-13(15)9-12;;/h11-13H,3-10,15H2,1-2H3;2*1H. The summed E-state index contributed by atoms with van der Waals surface area (Å²) >= 11 is 0. The van der Waals surface area contributed by atoms with Crippen molar-refractivity contribution in [3.63, 3.8) is 0 Å². The maximum atomic E-state index is 12.4. The van der Waals surface area contributed by atoms with Gasteiger partial charge in [0.25, 0.3) is 0 Å². The second-order valence-electron chi connectivity index (χ2n) is 5.93. The van der Waals surface area contributed by atoms with Gasteiger partial charge in [0, 0.05) is 51.3 Å². The number of carbonyl (C=O) groups is 1. The van der Waals surface area contributed by atoms with Crippen molar-refractivity contribution in [2.45, 2.75) is 38.3 Å². The van der Waals surface area contributed by atoms with Crippen LogP contribution in [0.15, 0.2) is 0 Å². The zero-order valence-corrected chi connectivity index (χ0v) is 14.6. The van der Waals surface area contributed by atoms with Crippen molar-refractivity contribution in [1.82, 2.24) is 9.80 Å². The molecule has 0 aromatic rings. The molecule has 3 unspecified atom stereocenters. The number of halogens is 2. The first-order valence-corrected chi connectivity index (χ1v) is 7.39. The van der Waals surface area contributed by atoms with E-state index in [1.807, 2.05) is 4.90 Å². The predicted molar refractivity (Wildman–Crippen MR) is 89.3 cm³/mol. The third kappa shape index (κ3) is 5.57. The summed E-state index contributed by atoms with van der Waals surface area (Å²) in [6.07, 6.45) is 2.84. The van der Waals surface area contributed by atoms with Crippen LogP contribution in [-0.4, -0.2) is 67.7 Å². The van der Waals surface area contributed by atoms with Gasteiger partial charge in [0.15, 0.2) is 0 Å². The van der Waals surface area contributed by atoms with Crippen LogP contribution < -0.4 is 5.73 Å². The number of methoxy groups -OCH3 is 1. The molecule has 2 fully saturated rings. The van der Waals surface area contributed by atoms with E-state index in [-0.39, 0.29) is 36.8 Å². The molecule has 2 rings (SSSR count). The van der Waals surface area contributed by atoms with E-state index < -0.39 is 0 Å². The van der Waals surface area contributed by atoms with E-state index in [9.17, 15) is 4.79 Å². The van der Waals surface area contributed by atoms with Crippen molar-refractivity contribution in [2.75, 3.05) is 39.9 Å². The van der Waals surface area contributed by atoms with Crippen LogP contribution in [0, 0.1) is 5.92 Å². The van der Waals surface area contributed by atoms with Crippen molar-refractivity contribution in [1.29, 1.82) is 0 Å². The first-order valence-electron chi connectivity index (χ1n) is 7.39. The third-order valence-electron chi connectivity index (χ3n) is 4.48. The number of ether oxygens (including phenoxy) is 1. The molecular formula is C14H29Cl2N3O2. The number of nitrogens with zero attached hydrogens (tertiary/aromatic N) is 2. The van der Waals surface area contributed by atoms with Crippen LogP contribution in [0.2, 0.25) is 0 Å². The van der Waals surface area contributed by atoms with Gasteiger partial charge in [-0.1, -0.05) is 0 Å². The summed E-state index contributed by atoms with van der Waals surface area (Å²) in [6.45, 7) is 6.54. The first-order chi connectivity index (χ1) is 9.11. The molecule has 5 nitrogen and oxygen atoms in total. The minimum Gasteiger partial charge on any atom is -0.383 e. The van der Waals surface area contributed by atoms with Gasteiger partial charge in [0.1, 0.15) is 0 Å². The highest BCUT2D eigenvalue weighted by Gasteiger charge is 2.34. The Morgan fingerprint density at radius 1 is 1.29 bits per heavy atom. The van der Waals surface area contributed by atoms with Gasteiger partial charge in [-0.25, -0.2) is 0 Å². The lowest BCUT2D eigenvalue weighted by Crippen LogP contribution is -2.55. The maximum Gasteiger partial charge on any atom is 0.225 e. The fraction of sp³-hybridized carbons (Fsp3) is 0.929. The van der Waals surface area contributed by atoms with Crippen molar-refractivity contribution in [3.05, 3.63) is 0 Å². The maximum absolute atomic E-state index is 12.4. The number of piperazine rings is 1. The predicted octanol–water partition coefficient (Wildman–Crippen LogP) is 1.14. The third-order valence-corrected chi connectivity index (χ3v) is 4.48. The number of amides is 1. The number of hydrogen-bond donors (Lipinski definition) is 1. The Kier molecular flexibility index (Phi) is 9.81. The van der Waals surface area contributed by atoms with Gasteiger partial charge in [0.2, 0.25) is 5.91 Å². The van der Waals surface area contributed by atoms with Crippen molar-refractivity contribution in [3.8, 4) is 0 Å². The minimum atomic E-state index is 0. The summed E-state index contributed by atoms with van der Waals surface area (Å²) in [4.78, 5) is 16.9. The summed E-state index contributed by atoms with van der Waals surface area (Å²) in [5.74, 6) is 0.499. The second kappa shape index (κ2) is 9.85. The Labute approximate surface area is 140 Å². The van der Waals surface area contributed by atoms with Gasteiger partial charge < -0.3 is 15.4 Å². The summed E-state index contributed by atoms with van der Waals surface area (Å²) in [5.41, 5.74) is 5.90. The van der Waals surface area contributed by atoms with E-state index in [2.05, 4.69) is 11.8 Å². The van der Waals surface area contributed by atoms with Crippen LogP contribution in [0.25, 0.3) is 0 Å². The summed E-state index contributed by atoms with van der Waals surface area (Å²) in [7, 11) is 1.73. The zero-order chi connectivity index (χ0) is 13.8. The van der Waals surface area contributed by atoms with Crippen molar-refractivity contribution >= 4 is 30.7 Å². The molecule has 126 valence electrons. The Balaban J connectivity index is 0.00000200. The Hall–Kier alpha value is -0.0700. The second-order valence-corrected chi connectivity index (χ2v) is 5.93. The van der Waals surface area contributed by atoms with Gasteiger partial charge in [-0.15, -0.1) is 24.8 Å². The van der Waals surface area contributed by atoms with E-state index in [4.69, 9.17) is 10.5 Å². The van der Waals surface area contributed by atoms with Gasteiger partial charge in [-0.2, -0.15) is 0 Å². The number of rotatable bonds is 4. The summed E-state index contributed by atoms with van der Waals surface area (Å²) in [5, 5.41) is 0. The van der Waals surface area contributed by atoms with Gasteiger partial charge in [0.05, 0.1) is 6.61 Å². The lowest BCUT2D eigenvalue weighted by atomic mass is 10.0. The average Bonchev–Trinajstić information content (AvgIpc) is 2.83. The normalized spacial score (nSPS) is 29.7. The van der Waals surface area contributed by atoms with Gasteiger partial charge in [-0.05, 0) is 26.2 Å². The van der Waals surface area contributed by atoms with Gasteiger partial charge >= 0.3 is 0 Å². The molecule has 0 aromatic carbocycles.